The molecule has 254 valence electrons. The summed E-state index contributed by atoms with van der Waals surface area (Å²) in [6.45, 7) is 3.65. The lowest BCUT2D eigenvalue weighted by molar-refractivity contribution is -0.154. The van der Waals surface area contributed by atoms with E-state index in [2.05, 4.69) is 27.0 Å². The van der Waals surface area contributed by atoms with Gasteiger partial charge in [0.1, 0.15) is 29.4 Å². The molecule has 2 aliphatic heterocycles. The second-order valence-electron chi connectivity index (χ2n) is 10.9. The van der Waals surface area contributed by atoms with E-state index in [4.69, 9.17) is 15.3 Å². The van der Waals surface area contributed by atoms with E-state index < -0.39 is 35.3 Å². The fourth-order valence-corrected chi connectivity index (χ4v) is 8.06. The van der Waals surface area contributed by atoms with Gasteiger partial charge in [-0.25, -0.2) is 9.78 Å². The van der Waals surface area contributed by atoms with Crippen LogP contribution in [-0.2, 0) is 24.0 Å². The number of nitrogen functional groups attached to an aromatic ring is 1. The topological polar surface area (TPSA) is 149 Å². The van der Waals surface area contributed by atoms with Crippen molar-refractivity contribution >= 4 is 69.6 Å². The number of esters is 1. The average Bonchev–Trinajstić information content (AvgIpc) is 3.59. The van der Waals surface area contributed by atoms with Crippen LogP contribution in [0.5, 0.6) is 0 Å². The first kappa shape index (κ1) is 34.7. The van der Waals surface area contributed by atoms with Gasteiger partial charge in [0.2, 0.25) is 0 Å². The minimum absolute atomic E-state index is 0.0620. The Balaban J connectivity index is 1.26. The largest absolute Gasteiger partial charge is 0.448 e. The standard InChI is InChI=1S/C36H32N6O5S3/c1-2-17-46-41-28(27-22-50-36(37)39-27)32(43)40-29-33(44)42-30(26(21-49-34(29)42)20-48-18-15-23-10-9-16-38-19-23)35(45)47-31(24-11-5-3-6-12-24)25-13-7-4-8-14-25/h2-16,18-19,22,29,31,34H,1,17,20-21H2,(H2,37,39)(H,40,43)/b18-15-,41-28+/t29?,34-/m1/s1. The Bertz CT molecular complexity index is 1900. The summed E-state index contributed by atoms with van der Waals surface area (Å²) in [5, 5.41) is 9.92. The summed E-state index contributed by atoms with van der Waals surface area (Å²) in [4.78, 5) is 56.5. The van der Waals surface area contributed by atoms with Crippen LogP contribution >= 0.6 is 34.9 Å². The third kappa shape index (κ3) is 7.99. The van der Waals surface area contributed by atoms with Crippen molar-refractivity contribution in [1.82, 2.24) is 20.2 Å². The number of aromatic nitrogens is 2. The number of thioether (sulfide) groups is 2. The maximum Gasteiger partial charge on any atom is 0.356 e. The summed E-state index contributed by atoms with van der Waals surface area (Å²) >= 11 is 4.09. The molecule has 3 N–H and O–H groups in total. The number of amides is 2. The molecule has 4 heterocycles. The molecule has 0 saturated carbocycles. The number of rotatable bonds is 14. The summed E-state index contributed by atoms with van der Waals surface area (Å²) in [5.74, 6) is -0.869. The zero-order valence-electron chi connectivity index (χ0n) is 26.6. The Kier molecular flexibility index (Phi) is 11.4. The van der Waals surface area contributed by atoms with Gasteiger partial charge in [-0.2, -0.15) is 0 Å². The maximum atomic E-state index is 14.3. The van der Waals surface area contributed by atoms with Crippen LogP contribution < -0.4 is 11.1 Å². The number of benzene rings is 2. The highest BCUT2D eigenvalue weighted by molar-refractivity contribution is 8.02. The Hall–Kier alpha value is -5.18. The molecule has 6 rings (SSSR count). The van der Waals surface area contributed by atoms with Crippen LogP contribution in [0.25, 0.3) is 6.08 Å². The molecule has 2 aromatic heterocycles. The number of anilines is 1. The minimum Gasteiger partial charge on any atom is -0.448 e. The average molecular weight is 725 g/mol. The highest BCUT2D eigenvalue weighted by Gasteiger charge is 2.55. The van der Waals surface area contributed by atoms with Crippen LogP contribution in [0.4, 0.5) is 5.13 Å². The van der Waals surface area contributed by atoms with E-state index >= 15 is 0 Å². The Morgan fingerprint density at radius 3 is 2.50 bits per heavy atom. The van der Waals surface area contributed by atoms with Crippen LogP contribution in [0.1, 0.15) is 28.5 Å². The van der Waals surface area contributed by atoms with E-state index in [1.54, 1.807) is 17.8 Å². The number of pyridine rings is 1. The second kappa shape index (κ2) is 16.5. The molecular formula is C36H32N6O5S3. The Labute approximate surface area is 301 Å². The molecule has 0 aliphatic carbocycles. The van der Waals surface area contributed by atoms with Crippen molar-refractivity contribution < 1.29 is 24.0 Å². The molecule has 50 heavy (non-hydrogen) atoms. The number of fused-ring (bicyclic) bond motifs is 1. The predicted molar refractivity (Wildman–Crippen MR) is 198 cm³/mol. The van der Waals surface area contributed by atoms with Crippen molar-refractivity contribution in [2.24, 2.45) is 5.16 Å². The van der Waals surface area contributed by atoms with Crippen LogP contribution in [0.2, 0.25) is 0 Å². The van der Waals surface area contributed by atoms with E-state index in [9.17, 15) is 14.4 Å². The van der Waals surface area contributed by atoms with Gasteiger partial charge >= 0.3 is 5.97 Å². The van der Waals surface area contributed by atoms with E-state index in [-0.39, 0.29) is 28.8 Å². The van der Waals surface area contributed by atoms with Crippen LogP contribution in [0.3, 0.4) is 0 Å². The number of nitrogens with one attached hydrogen (secondary N) is 1. The molecule has 0 bridgehead atoms. The second-order valence-corrected chi connectivity index (χ2v) is 13.8. The summed E-state index contributed by atoms with van der Waals surface area (Å²) in [6, 6.07) is 21.8. The van der Waals surface area contributed by atoms with E-state index in [0.29, 0.717) is 11.5 Å². The molecule has 1 saturated heterocycles. The molecule has 2 aliphatic rings. The van der Waals surface area contributed by atoms with Gasteiger partial charge in [-0.15, -0.1) is 34.9 Å². The fraction of sp³-hybridized carbons (Fsp3) is 0.167. The van der Waals surface area contributed by atoms with Crippen LogP contribution in [0.15, 0.2) is 125 Å². The van der Waals surface area contributed by atoms with Gasteiger partial charge in [0.05, 0.1) is 0 Å². The molecule has 2 atom stereocenters. The molecular weight excluding hydrogens is 693 g/mol. The summed E-state index contributed by atoms with van der Waals surface area (Å²) in [5.41, 5.74) is 9.32. The fourth-order valence-electron chi connectivity index (χ4n) is 5.24. The number of carbonyl (C=O) groups excluding carboxylic acids is 3. The lowest BCUT2D eigenvalue weighted by Crippen LogP contribution is -2.71. The van der Waals surface area contributed by atoms with Gasteiger partial charge in [-0.3, -0.25) is 19.5 Å². The number of nitrogens with zero attached hydrogens (tertiary/aromatic N) is 4. The lowest BCUT2D eigenvalue weighted by Gasteiger charge is -2.49. The molecule has 1 fully saturated rings. The predicted octanol–water partition coefficient (Wildman–Crippen LogP) is 5.42. The maximum absolute atomic E-state index is 14.3. The molecule has 4 aromatic rings. The van der Waals surface area contributed by atoms with Crippen molar-refractivity contribution in [2.45, 2.75) is 17.5 Å². The van der Waals surface area contributed by atoms with Gasteiger partial charge in [-0.1, -0.05) is 84.5 Å². The summed E-state index contributed by atoms with van der Waals surface area (Å²) < 4.78 is 6.25. The molecule has 14 heteroatoms. The van der Waals surface area contributed by atoms with Crippen molar-refractivity contribution in [3.05, 3.63) is 142 Å². The number of β-lactam (4-membered cyclic amide) rings is 1. The first-order chi connectivity index (χ1) is 24.4. The number of nitrogens with two attached hydrogens (primary N) is 1. The molecule has 0 spiro atoms. The number of hydrogen-bond donors (Lipinski definition) is 2. The number of thiazole rings is 1. The van der Waals surface area contributed by atoms with Crippen molar-refractivity contribution in [3.8, 4) is 0 Å². The normalized spacial score (nSPS) is 17.3. The zero-order chi connectivity index (χ0) is 34.9. The van der Waals surface area contributed by atoms with Crippen molar-refractivity contribution in [2.75, 3.05) is 23.8 Å². The zero-order valence-corrected chi connectivity index (χ0v) is 29.0. The lowest BCUT2D eigenvalue weighted by atomic mass is 10.0. The van der Waals surface area contributed by atoms with Crippen LogP contribution in [-0.4, -0.2) is 67.9 Å². The van der Waals surface area contributed by atoms with Crippen LogP contribution in [0, 0.1) is 0 Å². The van der Waals surface area contributed by atoms with Gasteiger partial charge in [0.25, 0.3) is 11.8 Å². The minimum atomic E-state index is -0.936. The van der Waals surface area contributed by atoms with Crippen molar-refractivity contribution in [1.29, 1.82) is 0 Å². The molecule has 0 radical (unpaired) electrons. The summed E-state index contributed by atoms with van der Waals surface area (Å²) in [7, 11) is 0. The van der Waals surface area contributed by atoms with Gasteiger partial charge in [0.15, 0.2) is 16.9 Å². The molecule has 2 aromatic carbocycles. The monoisotopic (exact) mass is 724 g/mol. The SMILES string of the molecule is C=CCO/N=C(/C(=O)NC1C(=O)N2C(C(=O)OC(c3ccccc3)c3ccccc3)=C(CS/C=C\c3cccnc3)CS[C@H]12)c1csc(N)n1. The van der Waals surface area contributed by atoms with Crippen molar-refractivity contribution in [3.63, 3.8) is 0 Å². The smallest absolute Gasteiger partial charge is 0.356 e. The third-order valence-electron chi connectivity index (χ3n) is 7.58. The third-order valence-corrected chi connectivity index (χ3v) is 10.4. The first-order valence-electron chi connectivity index (χ1n) is 15.4. The highest BCUT2D eigenvalue weighted by Crippen LogP contribution is 2.42. The number of oxime groups is 1. The Morgan fingerprint density at radius 1 is 1.12 bits per heavy atom. The van der Waals surface area contributed by atoms with Gasteiger partial charge in [-0.05, 0) is 39.8 Å². The van der Waals surface area contributed by atoms with Gasteiger partial charge in [0, 0.05) is 29.3 Å². The molecule has 1 unspecified atom stereocenters. The number of carbonyl (C=O) groups is 3. The van der Waals surface area contributed by atoms with Gasteiger partial charge < -0.3 is 20.6 Å². The summed E-state index contributed by atoms with van der Waals surface area (Å²) in [6.07, 6.45) is 6.17. The first-order valence-corrected chi connectivity index (χ1v) is 18.4. The quantitative estimate of drug-likeness (QED) is 0.0432. The molecule has 2 amide bonds. The number of ether oxygens (including phenoxy) is 1. The number of hydrogen-bond acceptors (Lipinski definition) is 12. The van der Waals surface area contributed by atoms with E-state index in [0.717, 1.165) is 33.6 Å². The van der Waals surface area contributed by atoms with E-state index in [1.165, 1.54) is 34.5 Å². The molecule has 11 nitrogen and oxygen atoms in total. The highest BCUT2D eigenvalue weighted by atomic mass is 32.2. The Morgan fingerprint density at radius 2 is 1.86 bits per heavy atom. The van der Waals surface area contributed by atoms with E-state index in [1.807, 2.05) is 84.3 Å².